The molecule has 0 aliphatic carbocycles. The molecule has 1 unspecified atom stereocenters. The summed E-state index contributed by atoms with van der Waals surface area (Å²) in [6.07, 6.45) is 4.28. The number of hydrazine groups is 1. The summed E-state index contributed by atoms with van der Waals surface area (Å²) < 4.78 is 0. The molecule has 0 amide bonds. The lowest BCUT2D eigenvalue weighted by Crippen LogP contribution is -2.40. The number of rotatable bonds is 6. The average molecular weight is 158 g/mol. The van der Waals surface area contributed by atoms with Gasteiger partial charge >= 0.3 is 0 Å². The fourth-order valence-corrected chi connectivity index (χ4v) is 1.00. The lowest BCUT2D eigenvalue weighted by atomic mass is 10.1. The van der Waals surface area contributed by atoms with Crippen LogP contribution in [0.3, 0.4) is 0 Å². The molecule has 66 valence electrons. The summed E-state index contributed by atoms with van der Waals surface area (Å²) in [5.74, 6) is 5.31. The van der Waals surface area contributed by atoms with E-state index >= 15 is 0 Å². The number of nitrogens with one attached hydrogen (secondary N) is 1. The fourth-order valence-electron chi connectivity index (χ4n) is 1.00. The molecular formula is C8H18N2O. The highest BCUT2D eigenvalue weighted by Crippen LogP contribution is 2.02. The summed E-state index contributed by atoms with van der Waals surface area (Å²) in [5.41, 5.74) is 2.51. The smallest absolute Gasteiger partial charge is 0.148 e. The Morgan fingerprint density at radius 1 is 1.55 bits per heavy atom. The van der Waals surface area contributed by atoms with Crippen LogP contribution in [-0.4, -0.2) is 11.8 Å². The highest BCUT2D eigenvalue weighted by molar-refractivity contribution is 5.81. The van der Waals surface area contributed by atoms with Crippen molar-refractivity contribution in [3.63, 3.8) is 0 Å². The highest BCUT2D eigenvalue weighted by atomic mass is 16.1. The predicted molar refractivity (Wildman–Crippen MR) is 45.9 cm³/mol. The SMILES string of the molecule is CCCCCC(NN)C(C)=O. The topological polar surface area (TPSA) is 55.1 Å². The van der Waals surface area contributed by atoms with Crippen molar-refractivity contribution in [2.45, 2.75) is 45.6 Å². The molecular weight excluding hydrogens is 140 g/mol. The van der Waals surface area contributed by atoms with Crippen molar-refractivity contribution in [3.8, 4) is 0 Å². The van der Waals surface area contributed by atoms with Gasteiger partial charge in [-0.2, -0.15) is 0 Å². The second-order valence-corrected chi connectivity index (χ2v) is 2.83. The minimum Gasteiger partial charge on any atom is -0.298 e. The van der Waals surface area contributed by atoms with Crippen molar-refractivity contribution in [1.82, 2.24) is 5.43 Å². The first kappa shape index (κ1) is 10.6. The first-order valence-electron chi connectivity index (χ1n) is 4.19. The summed E-state index contributed by atoms with van der Waals surface area (Å²) in [4.78, 5) is 10.8. The van der Waals surface area contributed by atoms with Crippen molar-refractivity contribution >= 4 is 5.78 Å². The Hall–Kier alpha value is -0.410. The van der Waals surface area contributed by atoms with E-state index < -0.39 is 0 Å². The number of Topliss-reactive ketones (excluding diaryl/α,β-unsaturated/α-hetero) is 1. The zero-order chi connectivity index (χ0) is 8.69. The molecule has 0 saturated heterocycles. The maximum absolute atomic E-state index is 10.8. The monoisotopic (exact) mass is 158 g/mol. The maximum Gasteiger partial charge on any atom is 0.148 e. The largest absolute Gasteiger partial charge is 0.298 e. The molecule has 0 aromatic carbocycles. The molecule has 0 saturated carbocycles. The van der Waals surface area contributed by atoms with E-state index in [1.807, 2.05) is 0 Å². The van der Waals surface area contributed by atoms with Crippen LogP contribution in [0.2, 0.25) is 0 Å². The normalized spacial score (nSPS) is 13.0. The van der Waals surface area contributed by atoms with Gasteiger partial charge in [-0.05, 0) is 13.3 Å². The molecule has 0 fully saturated rings. The van der Waals surface area contributed by atoms with Gasteiger partial charge in [-0.25, -0.2) is 5.43 Å². The predicted octanol–water partition coefficient (Wildman–Crippen LogP) is 0.988. The molecule has 3 heteroatoms. The molecule has 11 heavy (non-hydrogen) atoms. The summed E-state index contributed by atoms with van der Waals surface area (Å²) >= 11 is 0. The zero-order valence-electron chi connectivity index (χ0n) is 7.39. The third kappa shape index (κ3) is 4.93. The minimum atomic E-state index is -0.137. The van der Waals surface area contributed by atoms with Crippen LogP contribution in [0.25, 0.3) is 0 Å². The van der Waals surface area contributed by atoms with Crippen LogP contribution >= 0.6 is 0 Å². The Balaban J connectivity index is 3.44. The van der Waals surface area contributed by atoms with Gasteiger partial charge in [0.2, 0.25) is 0 Å². The second kappa shape index (κ2) is 6.31. The number of carbonyl (C=O) groups excluding carboxylic acids is 1. The van der Waals surface area contributed by atoms with E-state index in [4.69, 9.17) is 5.84 Å². The zero-order valence-corrected chi connectivity index (χ0v) is 7.39. The number of nitrogens with two attached hydrogens (primary N) is 1. The van der Waals surface area contributed by atoms with Gasteiger partial charge in [-0.15, -0.1) is 0 Å². The van der Waals surface area contributed by atoms with Crippen molar-refractivity contribution in [2.24, 2.45) is 5.84 Å². The van der Waals surface area contributed by atoms with Crippen LogP contribution in [0, 0.1) is 0 Å². The van der Waals surface area contributed by atoms with Crippen LogP contribution < -0.4 is 11.3 Å². The molecule has 0 radical (unpaired) electrons. The van der Waals surface area contributed by atoms with E-state index in [-0.39, 0.29) is 11.8 Å². The lowest BCUT2D eigenvalue weighted by molar-refractivity contribution is -0.119. The molecule has 0 aliphatic rings. The molecule has 3 nitrogen and oxygen atoms in total. The minimum absolute atomic E-state index is 0.128. The molecule has 1 atom stereocenters. The lowest BCUT2D eigenvalue weighted by Gasteiger charge is -2.10. The van der Waals surface area contributed by atoms with E-state index in [1.54, 1.807) is 6.92 Å². The molecule has 3 N–H and O–H groups in total. The van der Waals surface area contributed by atoms with Gasteiger partial charge in [0.15, 0.2) is 0 Å². The third-order valence-electron chi connectivity index (χ3n) is 1.79. The maximum atomic E-state index is 10.8. The van der Waals surface area contributed by atoms with Crippen LogP contribution in [0.1, 0.15) is 39.5 Å². The van der Waals surface area contributed by atoms with Crippen molar-refractivity contribution in [2.75, 3.05) is 0 Å². The number of unbranched alkanes of at least 4 members (excludes halogenated alkanes) is 2. The Morgan fingerprint density at radius 3 is 2.55 bits per heavy atom. The van der Waals surface area contributed by atoms with E-state index in [2.05, 4.69) is 12.3 Å². The molecule has 0 spiro atoms. The van der Waals surface area contributed by atoms with Gasteiger partial charge in [0, 0.05) is 0 Å². The standard InChI is InChI=1S/C8H18N2O/c1-3-4-5-6-8(10-9)7(2)11/h8,10H,3-6,9H2,1-2H3. The molecule has 0 heterocycles. The third-order valence-corrected chi connectivity index (χ3v) is 1.79. The summed E-state index contributed by atoms with van der Waals surface area (Å²) in [6, 6.07) is -0.137. The van der Waals surface area contributed by atoms with Gasteiger partial charge in [-0.1, -0.05) is 26.2 Å². The average Bonchev–Trinajstić information content (AvgIpc) is 1.97. The molecule has 0 aromatic rings. The van der Waals surface area contributed by atoms with Crippen molar-refractivity contribution < 1.29 is 4.79 Å². The van der Waals surface area contributed by atoms with E-state index in [9.17, 15) is 4.79 Å². The fraction of sp³-hybridized carbons (Fsp3) is 0.875. The number of ketones is 1. The quantitative estimate of drug-likeness (QED) is 0.344. The Morgan fingerprint density at radius 2 is 2.18 bits per heavy atom. The number of carbonyl (C=O) groups is 1. The Kier molecular flexibility index (Phi) is 6.07. The van der Waals surface area contributed by atoms with Crippen molar-refractivity contribution in [3.05, 3.63) is 0 Å². The van der Waals surface area contributed by atoms with Crippen LogP contribution in [-0.2, 0) is 4.79 Å². The summed E-state index contributed by atoms with van der Waals surface area (Å²) in [5, 5.41) is 0. The van der Waals surface area contributed by atoms with Crippen molar-refractivity contribution in [1.29, 1.82) is 0 Å². The Labute approximate surface area is 68.3 Å². The van der Waals surface area contributed by atoms with Gasteiger partial charge < -0.3 is 0 Å². The number of hydrogen-bond acceptors (Lipinski definition) is 3. The summed E-state index contributed by atoms with van der Waals surface area (Å²) in [7, 11) is 0. The summed E-state index contributed by atoms with van der Waals surface area (Å²) in [6.45, 7) is 3.70. The number of hydrogen-bond donors (Lipinski definition) is 2. The van der Waals surface area contributed by atoms with E-state index in [0.717, 1.165) is 12.8 Å². The van der Waals surface area contributed by atoms with Gasteiger partial charge in [0.1, 0.15) is 5.78 Å². The second-order valence-electron chi connectivity index (χ2n) is 2.83. The molecule has 0 bridgehead atoms. The highest BCUT2D eigenvalue weighted by Gasteiger charge is 2.09. The molecule has 0 rings (SSSR count). The molecule has 0 aromatic heterocycles. The van der Waals surface area contributed by atoms with Gasteiger partial charge in [-0.3, -0.25) is 10.6 Å². The Bertz CT molecular complexity index is 115. The molecule has 0 aliphatic heterocycles. The van der Waals surface area contributed by atoms with Gasteiger partial charge in [0.05, 0.1) is 6.04 Å². The first-order valence-corrected chi connectivity index (χ1v) is 4.19. The van der Waals surface area contributed by atoms with Crippen LogP contribution in [0.15, 0.2) is 0 Å². The van der Waals surface area contributed by atoms with E-state index in [1.165, 1.54) is 12.8 Å². The van der Waals surface area contributed by atoms with Gasteiger partial charge in [0.25, 0.3) is 0 Å². The van der Waals surface area contributed by atoms with Crippen LogP contribution in [0.5, 0.6) is 0 Å². The van der Waals surface area contributed by atoms with E-state index in [0.29, 0.717) is 0 Å². The first-order chi connectivity index (χ1) is 5.22. The van der Waals surface area contributed by atoms with Crippen LogP contribution in [0.4, 0.5) is 0 Å².